The normalized spacial score (nSPS) is 21.3. The summed E-state index contributed by atoms with van der Waals surface area (Å²) in [6.45, 7) is 6.97. The first-order chi connectivity index (χ1) is 10.8. The molecule has 1 aliphatic rings. The molecular weight excluding hydrogens is 360 g/mol. The molecule has 2 unspecified atom stereocenters. The molecule has 0 aromatic heterocycles. The van der Waals surface area contributed by atoms with Gasteiger partial charge in [-0.25, -0.2) is 4.79 Å². The molecule has 2 atom stereocenters. The predicted octanol–water partition coefficient (Wildman–Crippen LogP) is 4.15. The Morgan fingerprint density at radius 2 is 2.04 bits per heavy atom. The van der Waals surface area contributed by atoms with Crippen molar-refractivity contribution in [2.24, 2.45) is 11.8 Å². The van der Waals surface area contributed by atoms with Gasteiger partial charge in [-0.2, -0.15) is 0 Å². The van der Waals surface area contributed by atoms with Crippen molar-refractivity contribution in [3.05, 3.63) is 28.2 Å². The van der Waals surface area contributed by atoms with Crippen LogP contribution >= 0.6 is 15.9 Å². The van der Waals surface area contributed by atoms with E-state index in [9.17, 15) is 14.7 Å². The Kier molecular flexibility index (Phi) is 5.68. The highest BCUT2D eigenvalue weighted by molar-refractivity contribution is 9.10. The zero-order chi connectivity index (χ0) is 17.1. The van der Waals surface area contributed by atoms with Gasteiger partial charge < -0.3 is 15.3 Å². The Hall–Kier alpha value is -1.56. The molecule has 1 aromatic carbocycles. The zero-order valence-electron chi connectivity index (χ0n) is 13.7. The number of anilines is 1. The van der Waals surface area contributed by atoms with Crippen LogP contribution in [-0.2, 0) is 4.79 Å². The lowest BCUT2D eigenvalue weighted by molar-refractivity contribution is -0.143. The molecule has 0 bridgehead atoms. The molecule has 23 heavy (non-hydrogen) atoms. The minimum absolute atomic E-state index is 0.185. The van der Waals surface area contributed by atoms with Crippen molar-refractivity contribution in [1.82, 2.24) is 4.90 Å². The van der Waals surface area contributed by atoms with E-state index in [0.29, 0.717) is 13.0 Å². The Balaban J connectivity index is 2.14. The van der Waals surface area contributed by atoms with E-state index in [4.69, 9.17) is 0 Å². The fourth-order valence-electron chi connectivity index (χ4n) is 3.02. The zero-order valence-corrected chi connectivity index (χ0v) is 15.3. The fraction of sp³-hybridized carbons (Fsp3) is 0.529. The first-order valence-corrected chi connectivity index (χ1v) is 8.65. The molecule has 1 aromatic rings. The number of likely N-dealkylation sites (tertiary alicyclic amines) is 1. The number of rotatable bonds is 3. The largest absolute Gasteiger partial charge is 0.481 e. The summed E-state index contributed by atoms with van der Waals surface area (Å²) in [5, 5.41) is 12.2. The molecule has 5 nitrogen and oxygen atoms in total. The molecule has 0 radical (unpaired) electrons. The highest BCUT2D eigenvalue weighted by Gasteiger charge is 2.32. The molecule has 1 aliphatic heterocycles. The highest BCUT2D eigenvalue weighted by Crippen LogP contribution is 2.29. The second-order valence-corrected chi connectivity index (χ2v) is 7.51. The maximum absolute atomic E-state index is 12.6. The van der Waals surface area contributed by atoms with Crippen molar-refractivity contribution in [1.29, 1.82) is 0 Å². The fourth-order valence-corrected chi connectivity index (χ4v) is 3.39. The Morgan fingerprint density at radius 1 is 1.35 bits per heavy atom. The minimum Gasteiger partial charge on any atom is -0.481 e. The number of carbonyl (C=O) groups excluding carboxylic acids is 1. The molecule has 0 spiro atoms. The summed E-state index contributed by atoms with van der Waals surface area (Å²) in [7, 11) is 0. The van der Waals surface area contributed by atoms with Gasteiger partial charge in [0.05, 0.1) is 5.92 Å². The number of halogens is 1. The summed E-state index contributed by atoms with van der Waals surface area (Å²) in [5.74, 6) is -0.861. The van der Waals surface area contributed by atoms with Gasteiger partial charge in [0.15, 0.2) is 0 Å². The van der Waals surface area contributed by atoms with E-state index in [1.54, 1.807) is 4.90 Å². The number of aliphatic carboxylic acids is 1. The van der Waals surface area contributed by atoms with Gasteiger partial charge in [0, 0.05) is 23.2 Å². The lowest BCUT2D eigenvalue weighted by Crippen LogP contribution is -2.47. The average Bonchev–Trinajstić information content (AvgIpc) is 2.48. The van der Waals surface area contributed by atoms with Crippen LogP contribution < -0.4 is 5.32 Å². The summed E-state index contributed by atoms with van der Waals surface area (Å²) in [5.41, 5.74) is 1.82. The first kappa shape index (κ1) is 17.8. The van der Waals surface area contributed by atoms with Crippen LogP contribution in [0.4, 0.5) is 10.5 Å². The Morgan fingerprint density at radius 3 is 2.65 bits per heavy atom. The van der Waals surface area contributed by atoms with Crippen LogP contribution in [0.15, 0.2) is 22.7 Å². The van der Waals surface area contributed by atoms with Crippen LogP contribution in [0, 0.1) is 11.8 Å². The van der Waals surface area contributed by atoms with Crippen LogP contribution in [0.5, 0.6) is 0 Å². The van der Waals surface area contributed by atoms with Crippen molar-refractivity contribution in [3.63, 3.8) is 0 Å². The van der Waals surface area contributed by atoms with Gasteiger partial charge in [-0.3, -0.25) is 4.79 Å². The third-order valence-corrected chi connectivity index (χ3v) is 4.67. The number of carboxylic acids is 1. The van der Waals surface area contributed by atoms with Gasteiger partial charge in [0.2, 0.25) is 0 Å². The van der Waals surface area contributed by atoms with E-state index in [1.165, 1.54) is 0 Å². The standard InChI is InChI=1S/C17H23BrN2O3/c1-10(2)14-7-13(18)4-5-15(14)19-17(23)20-8-11(3)6-12(9-20)16(21)22/h4-5,7,10-12H,6,8-9H2,1-3H3,(H,19,23)(H,21,22). The van der Waals surface area contributed by atoms with Gasteiger partial charge in [-0.05, 0) is 42.0 Å². The molecule has 126 valence electrons. The van der Waals surface area contributed by atoms with Crippen molar-refractivity contribution in [2.45, 2.75) is 33.1 Å². The molecule has 0 aliphatic carbocycles. The number of urea groups is 1. The molecule has 2 rings (SSSR count). The predicted molar refractivity (Wildman–Crippen MR) is 93.7 cm³/mol. The van der Waals surface area contributed by atoms with Gasteiger partial charge in [-0.1, -0.05) is 36.7 Å². The average molecular weight is 383 g/mol. The highest BCUT2D eigenvalue weighted by atomic mass is 79.9. The summed E-state index contributed by atoms with van der Waals surface area (Å²) in [6, 6.07) is 5.53. The molecule has 1 saturated heterocycles. The van der Waals surface area contributed by atoms with Crippen LogP contribution in [0.1, 0.15) is 38.7 Å². The van der Waals surface area contributed by atoms with E-state index < -0.39 is 11.9 Å². The monoisotopic (exact) mass is 382 g/mol. The molecule has 2 N–H and O–H groups in total. The second kappa shape index (κ2) is 7.34. The molecule has 2 amide bonds. The van der Waals surface area contributed by atoms with E-state index in [1.807, 2.05) is 25.1 Å². The van der Waals surface area contributed by atoms with E-state index in [0.717, 1.165) is 15.7 Å². The number of carbonyl (C=O) groups is 2. The van der Waals surface area contributed by atoms with Crippen LogP contribution in [0.3, 0.4) is 0 Å². The Bertz CT molecular complexity index is 604. The number of carboxylic acid groups (broad SMARTS) is 1. The number of benzene rings is 1. The summed E-state index contributed by atoms with van der Waals surface area (Å²) in [6.07, 6.45) is 0.620. The van der Waals surface area contributed by atoms with E-state index in [2.05, 4.69) is 35.1 Å². The minimum atomic E-state index is -0.833. The SMILES string of the molecule is CC1CC(C(=O)O)CN(C(=O)Nc2ccc(Br)cc2C(C)C)C1. The number of nitrogens with one attached hydrogen (secondary N) is 1. The van der Waals surface area contributed by atoms with Crippen molar-refractivity contribution >= 4 is 33.6 Å². The molecule has 6 heteroatoms. The third kappa shape index (κ3) is 4.47. The maximum Gasteiger partial charge on any atom is 0.321 e. The maximum atomic E-state index is 12.6. The quantitative estimate of drug-likeness (QED) is 0.824. The van der Waals surface area contributed by atoms with Crippen LogP contribution in [-0.4, -0.2) is 35.1 Å². The van der Waals surface area contributed by atoms with Gasteiger partial charge >= 0.3 is 12.0 Å². The molecule has 1 fully saturated rings. The smallest absolute Gasteiger partial charge is 0.321 e. The summed E-state index contributed by atoms with van der Waals surface area (Å²) >= 11 is 3.45. The van der Waals surface area contributed by atoms with E-state index >= 15 is 0 Å². The van der Waals surface area contributed by atoms with Crippen molar-refractivity contribution in [2.75, 3.05) is 18.4 Å². The molecular formula is C17H23BrN2O3. The number of hydrogen-bond acceptors (Lipinski definition) is 2. The van der Waals surface area contributed by atoms with E-state index in [-0.39, 0.29) is 24.4 Å². The number of hydrogen-bond donors (Lipinski definition) is 2. The summed E-state index contributed by atoms with van der Waals surface area (Å²) in [4.78, 5) is 25.4. The summed E-state index contributed by atoms with van der Waals surface area (Å²) < 4.78 is 0.969. The van der Waals surface area contributed by atoms with Crippen molar-refractivity contribution in [3.8, 4) is 0 Å². The number of nitrogens with zero attached hydrogens (tertiary/aromatic N) is 1. The lowest BCUT2D eigenvalue weighted by Gasteiger charge is -2.34. The van der Waals surface area contributed by atoms with Gasteiger partial charge in [0.1, 0.15) is 0 Å². The third-order valence-electron chi connectivity index (χ3n) is 4.17. The lowest BCUT2D eigenvalue weighted by atomic mass is 9.91. The number of piperidine rings is 1. The molecule has 0 saturated carbocycles. The second-order valence-electron chi connectivity index (χ2n) is 6.60. The van der Waals surface area contributed by atoms with Crippen molar-refractivity contribution < 1.29 is 14.7 Å². The number of amides is 2. The molecule has 1 heterocycles. The van der Waals surface area contributed by atoms with Crippen LogP contribution in [0.25, 0.3) is 0 Å². The Labute approximate surface area is 145 Å². The topological polar surface area (TPSA) is 69.6 Å². The first-order valence-electron chi connectivity index (χ1n) is 7.86. The van der Waals surface area contributed by atoms with Gasteiger partial charge in [-0.15, -0.1) is 0 Å². The van der Waals surface area contributed by atoms with Crippen LogP contribution in [0.2, 0.25) is 0 Å². The van der Waals surface area contributed by atoms with Gasteiger partial charge in [0.25, 0.3) is 0 Å².